The van der Waals surface area contributed by atoms with Crippen molar-refractivity contribution in [3.8, 4) is 5.75 Å². The summed E-state index contributed by atoms with van der Waals surface area (Å²) < 4.78 is 5.60. The molecule has 0 bridgehead atoms. The lowest BCUT2D eigenvalue weighted by molar-refractivity contribution is -0.117. The highest BCUT2D eigenvalue weighted by atomic mass is 35.5. The van der Waals surface area contributed by atoms with Crippen LogP contribution in [0.4, 0.5) is 5.69 Å². The highest BCUT2D eigenvalue weighted by Gasteiger charge is 2.21. The molecular formula is C13H19ClN2O2. The zero-order valence-corrected chi connectivity index (χ0v) is 11.2. The summed E-state index contributed by atoms with van der Waals surface area (Å²) in [6.07, 6.45) is 2.56. The largest absolute Gasteiger partial charge is 0.493 e. The van der Waals surface area contributed by atoms with Gasteiger partial charge in [-0.3, -0.25) is 4.79 Å². The Morgan fingerprint density at radius 1 is 1.44 bits per heavy atom. The van der Waals surface area contributed by atoms with Gasteiger partial charge in [0.15, 0.2) is 0 Å². The lowest BCUT2D eigenvalue weighted by Gasteiger charge is -2.09. The molecule has 2 rings (SSSR count). The standard InChI is InChI=1S/C13H18N2O2.ClH/c1-9(14)13(16)15-11-4-6-12(7-5-11)17-8-10-2-3-10;/h4-7,9-10H,2-3,8,14H2,1H3,(H,15,16);1H/t9-;/m1./s1. The first-order chi connectivity index (χ1) is 8.15. The summed E-state index contributed by atoms with van der Waals surface area (Å²) in [5.74, 6) is 1.40. The Morgan fingerprint density at radius 3 is 2.56 bits per heavy atom. The van der Waals surface area contributed by atoms with Crippen molar-refractivity contribution in [2.45, 2.75) is 25.8 Å². The molecule has 0 aromatic heterocycles. The fraction of sp³-hybridized carbons (Fsp3) is 0.462. The van der Waals surface area contributed by atoms with E-state index in [4.69, 9.17) is 10.5 Å². The van der Waals surface area contributed by atoms with Crippen LogP contribution >= 0.6 is 12.4 Å². The van der Waals surface area contributed by atoms with Crippen LogP contribution in [0.15, 0.2) is 24.3 Å². The van der Waals surface area contributed by atoms with E-state index >= 15 is 0 Å². The van der Waals surface area contributed by atoms with Gasteiger partial charge in [0.2, 0.25) is 5.91 Å². The van der Waals surface area contributed by atoms with Gasteiger partial charge in [0, 0.05) is 5.69 Å². The van der Waals surface area contributed by atoms with Crippen molar-refractivity contribution < 1.29 is 9.53 Å². The van der Waals surface area contributed by atoms with Crippen molar-refractivity contribution in [1.29, 1.82) is 0 Å². The van der Waals surface area contributed by atoms with Crippen LogP contribution in [0.25, 0.3) is 0 Å². The highest BCUT2D eigenvalue weighted by Crippen LogP contribution is 2.29. The number of ether oxygens (including phenoxy) is 1. The lowest BCUT2D eigenvalue weighted by atomic mass is 10.2. The maximum Gasteiger partial charge on any atom is 0.240 e. The minimum absolute atomic E-state index is 0. The summed E-state index contributed by atoms with van der Waals surface area (Å²) in [6, 6.07) is 6.87. The third kappa shape index (κ3) is 4.55. The molecule has 0 radical (unpaired) electrons. The quantitative estimate of drug-likeness (QED) is 0.862. The Bertz CT molecular complexity index is 388. The topological polar surface area (TPSA) is 64.4 Å². The number of nitrogens with one attached hydrogen (secondary N) is 1. The molecule has 100 valence electrons. The zero-order chi connectivity index (χ0) is 12.3. The highest BCUT2D eigenvalue weighted by molar-refractivity contribution is 5.94. The molecule has 0 saturated heterocycles. The average molecular weight is 271 g/mol. The van der Waals surface area contributed by atoms with Crippen molar-refractivity contribution in [1.82, 2.24) is 0 Å². The van der Waals surface area contributed by atoms with Crippen molar-refractivity contribution in [2.75, 3.05) is 11.9 Å². The predicted octanol–water partition coefficient (Wildman–Crippen LogP) is 2.18. The van der Waals surface area contributed by atoms with E-state index in [-0.39, 0.29) is 18.3 Å². The number of amides is 1. The minimum Gasteiger partial charge on any atom is -0.493 e. The fourth-order valence-corrected chi connectivity index (χ4v) is 1.39. The van der Waals surface area contributed by atoms with Gasteiger partial charge in [-0.05, 0) is 49.9 Å². The van der Waals surface area contributed by atoms with Crippen LogP contribution in [0.5, 0.6) is 5.75 Å². The van der Waals surface area contributed by atoms with E-state index in [1.807, 2.05) is 24.3 Å². The summed E-state index contributed by atoms with van der Waals surface area (Å²) >= 11 is 0. The van der Waals surface area contributed by atoms with Crippen molar-refractivity contribution in [2.24, 2.45) is 11.7 Å². The van der Waals surface area contributed by atoms with Crippen LogP contribution in [0.2, 0.25) is 0 Å². The molecule has 1 saturated carbocycles. The molecule has 1 aromatic carbocycles. The van der Waals surface area contributed by atoms with Crippen LogP contribution < -0.4 is 15.8 Å². The molecule has 5 heteroatoms. The molecule has 0 aliphatic heterocycles. The number of carbonyl (C=O) groups is 1. The molecular weight excluding hydrogens is 252 g/mol. The normalized spacial score (nSPS) is 15.4. The Kier molecular flexibility index (Phi) is 5.44. The summed E-state index contributed by atoms with van der Waals surface area (Å²) in [5.41, 5.74) is 6.21. The molecule has 1 amide bonds. The molecule has 0 unspecified atom stereocenters. The first kappa shape index (κ1) is 14.8. The molecule has 1 aliphatic carbocycles. The van der Waals surface area contributed by atoms with E-state index in [1.165, 1.54) is 12.8 Å². The SMILES string of the molecule is C[C@@H](N)C(=O)Nc1ccc(OCC2CC2)cc1.Cl. The van der Waals surface area contributed by atoms with Crippen LogP contribution in [0.3, 0.4) is 0 Å². The third-order valence-electron chi connectivity index (χ3n) is 2.72. The monoisotopic (exact) mass is 270 g/mol. The summed E-state index contributed by atoms with van der Waals surface area (Å²) in [7, 11) is 0. The molecule has 0 spiro atoms. The predicted molar refractivity (Wildman–Crippen MR) is 74.2 cm³/mol. The maximum atomic E-state index is 11.4. The molecule has 1 aliphatic rings. The summed E-state index contributed by atoms with van der Waals surface area (Å²) in [6.45, 7) is 2.45. The van der Waals surface area contributed by atoms with Gasteiger partial charge in [0.1, 0.15) is 5.75 Å². The van der Waals surface area contributed by atoms with E-state index < -0.39 is 6.04 Å². The lowest BCUT2D eigenvalue weighted by Crippen LogP contribution is -2.32. The smallest absolute Gasteiger partial charge is 0.240 e. The average Bonchev–Trinajstić information content (AvgIpc) is 3.12. The third-order valence-corrected chi connectivity index (χ3v) is 2.72. The Balaban J connectivity index is 0.00000162. The Labute approximate surface area is 113 Å². The van der Waals surface area contributed by atoms with E-state index in [1.54, 1.807) is 6.92 Å². The van der Waals surface area contributed by atoms with Gasteiger partial charge in [0.25, 0.3) is 0 Å². The molecule has 1 aromatic rings. The number of benzene rings is 1. The summed E-state index contributed by atoms with van der Waals surface area (Å²) in [4.78, 5) is 11.4. The first-order valence-electron chi connectivity index (χ1n) is 5.94. The van der Waals surface area contributed by atoms with E-state index in [9.17, 15) is 4.79 Å². The maximum absolute atomic E-state index is 11.4. The number of nitrogens with two attached hydrogens (primary N) is 1. The van der Waals surface area contributed by atoms with Gasteiger partial charge in [0.05, 0.1) is 12.6 Å². The van der Waals surface area contributed by atoms with Crippen LogP contribution in [0.1, 0.15) is 19.8 Å². The van der Waals surface area contributed by atoms with Gasteiger partial charge < -0.3 is 15.8 Å². The fourth-order valence-electron chi connectivity index (χ4n) is 1.39. The van der Waals surface area contributed by atoms with Gasteiger partial charge in [-0.15, -0.1) is 12.4 Å². The number of carbonyl (C=O) groups excluding carboxylic acids is 1. The minimum atomic E-state index is -0.499. The number of halogens is 1. The first-order valence-corrected chi connectivity index (χ1v) is 5.94. The van der Waals surface area contributed by atoms with Gasteiger partial charge in [-0.1, -0.05) is 0 Å². The van der Waals surface area contributed by atoms with E-state index in [2.05, 4.69) is 5.32 Å². The van der Waals surface area contributed by atoms with Gasteiger partial charge in [-0.2, -0.15) is 0 Å². The second kappa shape index (κ2) is 6.61. The molecule has 1 fully saturated rings. The van der Waals surface area contributed by atoms with Crippen LogP contribution in [-0.4, -0.2) is 18.6 Å². The van der Waals surface area contributed by atoms with E-state index in [0.717, 1.165) is 24.0 Å². The zero-order valence-electron chi connectivity index (χ0n) is 10.4. The van der Waals surface area contributed by atoms with E-state index in [0.29, 0.717) is 0 Å². The van der Waals surface area contributed by atoms with Crippen LogP contribution in [0, 0.1) is 5.92 Å². The molecule has 1 atom stereocenters. The number of anilines is 1. The van der Waals surface area contributed by atoms with Crippen molar-refractivity contribution in [3.63, 3.8) is 0 Å². The van der Waals surface area contributed by atoms with Gasteiger partial charge in [-0.25, -0.2) is 0 Å². The molecule has 0 heterocycles. The van der Waals surface area contributed by atoms with Crippen LogP contribution in [-0.2, 0) is 4.79 Å². The molecule has 4 nitrogen and oxygen atoms in total. The number of hydrogen-bond acceptors (Lipinski definition) is 3. The van der Waals surface area contributed by atoms with Gasteiger partial charge >= 0.3 is 0 Å². The second-order valence-corrected chi connectivity index (χ2v) is 4.56. The molecule has 18 heavy (non-hydrogen) atoms. The Morgan fingerprint density at radius 2 is 2.06 bits per heavy atom. The summed E-state index contributed by atoms with van der Waals surface area (Å²) in [5, 5.41) is 2.73. The van der Waals surface area contributed by atoms with Crippen molar-refractivity contribution >= 4 is 24.0 Å². The van der Waals surface area contributed by atoms with Crippen molar-refractivity contribution in [3.05, 3.63) is 24.3 Å². The molecule has 3 N–H and O–H groups in total. The second-order valence-electron chi connectivity index (χ2n) is 4.56. The Hall–Kier alpha value is -1.26. The number of hydrogen-bond donors (Lipinski definition) is 2. The number of rotatable bonds is 5.